The van der Waals surface area contributed by atoms with Crippen molar-refractivity contribution in [2.45, 2.75) is 6.54 Å². The van der Waals surface area contributed by atoms with E-state index in [-0.39, 0.29) is 0 Å². The first-order valence-corrected chi connectivity index (χ1v) is 5.18. The van der Waals surface area contributed by atoms with Crippen molar-refractivity contribution in [3.8, 4) is 0 Å². The molecule has 0 saturated heterocycles. The van der Waals surface area contributed by atoms with Crippen LogP contribution in [0.2, 0.25) is 0 Å². The van der Waals surface area contributed by atoms with Gasteiger partial charge in [-0.3, -0.25) is 0 Å². The molecule has 0 radical (unpaired) electrons. The van der Waals surface area contributed by atoms with Gasteiger partial charge in [0.2, 0.25) is 0 Å². The van der Waals surface area contributed by atoms with Gasteiger partial charge in [0.1, 0.15) is 0 Å². The smallest absolute Gasteiger partial charge is 0.0949 e. The second-order valence-electron chi connectivity index (χ2n) is 3.63. The zero-order valence-corrected chi connectivity index (χ0v) is 9.11. The molecule has 0 N–H and O–H groups in total. The molecule has 4 nitrogen and oxygen atoms in total. The number of benzene rings is 1. The van der Waals surface area contributed by atoms with Crippen LogP contribution in [0.4, 0.5) is 0 Å². The van der Waals surface area contributed by atoms with Crippen molar-refractivity contribution in [3.05, 3.63) is 60.2 Å². The van der Waals surface area contributed by atoms with E-state index >= 15 is 0 Å². The molecule has 0 fully saturated rings. The van der Waals surface area contributed by atoms with Gasteiger partial charge < -0.3 is 14.5 Å². The number of carboxylic acid groups (broad SMARTS) is 1. The summed E-state index contributed by atoms with van der Waals surface area (Å²) in [5.41, 5.74) is 1.97. The van der Waals surface area contributed by atoms with E-state index in [1.54, 1.807) is 12.5 Å². The third kappa shape index (κ3) is 3.31. The number of hydrogen-bond acceptors (Lipinski definition) is 3. The van der Waals surface area contributed by atoms with Gasteiger partial charge in [-0.1, -0.05) is 30.3 Å². The number of imidazole rings is 1. The minimum Gasteiger partial charge on any atom is -0.545 e. The average molecular weight is 227 g/mol. The Hall–Kier alpha value is -2.36. The third-order valence-electron chi connectivity index (χ3n) is 2.32. The molecule has 1 aromatic carbocycles. The Morgan fingerprint density at radius 2 is 2.12 bits per heavy atom. The van der Waals surface area contributed by atoms with Crippen LogP contribution in [-0.2, 0) is 11.3 Å². The minimum absolute atomic E-state index is 0.754. The highest BCUT2D eigenvalue weighted by atomic mass is 16.4. The third-order valence-corrected chi connectivity index (χ3v) is 2.32. The van der Waals surface area contributed by atoms with Gasteiger partial charge in [-0.2, -0.15) is 0 Å². The van der Waals surface area contributed by atoms with E-state index in [1.165, 1.54) is 6.08 Å². The summed E-state index contributed by atoms with van der Waals surface area (Å²) in [6.07, 6.45) is 7.91. The fourth-order valence-corrected chi connectivity index (χ4v) is 1.49. The van der Waals surface area contributed by atoms with E-state index in [0.717, 1.165) is 23.7 Å². The zero-order chi connectivity index (χ0) is 12.1. The minimum atomic E-state index is -1.19. The van der Waals surface area contributed by atoms with Crippen LogP contribution in [0.25, 0.3) is 6.08 Å². The molecule has 17 heavy (non-hydrogen) atoms. The maximum Gasteiger partial charge on any atom is 0.0949 e. The van der Waals surface area contributed by atoms with E-state index < -0.39 is 5.97 Å². The lowest BCUT2D eigenvalue weighted by Gasteiger charge is -2.02. The van der Waals surface area contributed by atoms with E-state index in [9.17, 15) is 9.90 Å². The first-order chi connectivity index (χ1) is 8.24. The molecular formula is C13H11N2O2-. The van der Waals surface area contributed by atoms with Crippen molar-refractivity contribution in [2.75, 3.05) is 0 Å². The second kappa shape index (κ2) is 5.12. The largest absolute Gasteiger partial charge is 0.545 e. The van der Waals surface area contributed by atoms with Crippen molar-refractivity contribution in [1.29, 1.82) is 0 Å². The van der Waals surface area contributed by atoms with Gasteiger partial charge in [0.05, 0.1) is 12.3 Å². The predicted molar refractivity (Wildman–Crippen MR) is 61.8 cm³/mol. The van der Waals surface area contributed by atoms with Gasteiger partial charge in [0.15, 0.2) is 0 Å². The van der Waals surface area contributed by atoms with Crippen LogP contribution in [0.5, 0.6) is 0 Å². The van der Waals surface area contributed by atoms with E-state index in [2.05, 4.69) is 4.98 Å². The number of nitrogens with zero attached hydrogens (tertiary/aromatic N) is 2. The van der Waals surface area contributed by atoms with E-state index in [0.29, 0.717) is 0 Å². The maximum atomic E-state index is 10.2. The van der Waals surface area contributed by atoms with Crippen LogP contribution in [0.1, 0.15) is 11.1 Å². The molecule has 0 bridgehead atoms. The van der Waals surface area contributed by atoms with E-state index in [4.69, 9.17) is 0 Å². The standard InChI is InChI=1S/C13H12N2O2/c16-13(17)6-5-11-1-3-12(4-2-11)9-15-8-7-14-10-15/h1-8,10H,9H2,(H,16,17)/p-1/b6-5+. The molecule has 0 aliphatic rings. The lowest BCUT2D eigenvalue weighted by molar-refractivity contribution is -0.297. The normalized spacial score (nSPS) is 10.8. The van der Waals surface area contributed by atoms with Crippen LogP contribution < -0.4 is 5.11 Å². The first kappa shape index (κ1) is 11.1. The lowest BCUT2D eigenvalue weighted by atomic mass is 10.1. The van der Waals surface area contributed by atoms with Crippen molar-refractivity contribution in [2.24, 2.45) is 0 Å². The van der Waals surface area contributed by atoms with Gasteiger partial charge in [0, 0.05) is 18.9 Å². The Labute approximate surface area is 98.9 Å². The summed E-state index contributed by atoms with van der Waals surface area (Å²) in [6.45, 7) is 0.754. The highest BCUT2D eigenvalue weighted by Crippen LogP contribution is 2.07. The summed E-state index contributed by atoms with van der Waals surface area (Å²) in [4.78, 5) is 14.2. The molecule has 86 valence electrons. The van der Waals surface area contributed by atoms with Crippen molar-refractivity contribution < 1.29 is 9.90 Å². The summed E-state index contributed by atoms with van der Waals surface area (Å²) >= 11 is 0. The van der Waals surface area contributed by atoms with Gasteiger partial charge in [-0.25, -0.2) is 4.98 Å². The molecule has 2 rings (SSSR count). The molecule has 0 saturated carbocycles. The molecule has 0 unspecified atom stereocenters. The summed E-state index contributed by atoms with van der Waals surface area (Å²) in [5, 5.41) is 10.2. The van der Waals surface area contributed by atoms with E-state index in [1.807, 2.05) is 35.0 Å². The van der Waals surface area contributed by atoms with Crippen LogP contribution in [-0.4, -0.2) is 15.5 Å². The number of carboxylic acids is 1. The monoisotopic (exact) mass is 227 g/mol. The summed E-state index contributed by atoms with van der Waals surface area (Å²) in [6, 6.07) is 7.64. The number of carbonyl (C=O) groups excluding carboxylic acids is 1. The summed E-state index contributed by atoms with van der Waals surface area (Å²) < 4.78 is 1.96. The first-order valence-electron chi connectivity index (χ1n) is 5.18. The molecule has 2 aromatic rings. The molecule has 0 amide bonds. The molecule has 1 aromatic heterocycles. The van der Waals surface area contributed by atoms with Gasteiger partial charge in [0.25, 0.3) is 0 Å². The quantitative estimate of drug-likeness (QED) is 0.722. The topological polar surface area (TPSA) is 57.9 Å². The van der Waals surface area contributed by atoms with Crippen LogP contribution in [0.3, 0.4) is 0 Å². The number of rotatable bonds is 4. The zero-order valence-electron chi connectivity index (χ0n) is 9.11. The molecule has 0 atom stereocenters. The molecule has 0 aliphatic carbocycles. The number of hydrogen-bond donors (Lipinski definition) is 0. The Morgan fingerprint density at radius 1 is 1.35 bits per heavy atom. The SMILES string of the molecule is O=C([O-])/C=C/c1ccc(Cn2ccnc2)cc1. The van der Waals surface area contributed by atoms with Crippen LogP contribution in [0, 0.1) is 0 Å². The van der Waals surface area contributed by atoms with Crippen molar-refractivity contribution >= 4 is 12.0 Å². The Kier molecular flexibility index (Phi) is 3.35. The molecule has 0 aliphatic heterocycles. The van der Waals surface area contributed by atoms with Gasteiger partial charge >= 0.3 is 0 Å². The van der Waals surface area contributed by atoms with Crippen LogP contribution >= 0.6 is 0 Å². The predicted octanol–water partition coefficient (Wildman–Crippen LogP) is 0.695. The molecule has 0 spiro atoms. The summed E-state index contributed by atoms with van der Waals surface area (Å²) in [7, 11) is 0. The van der Waals surface area contributed by atoms with Crippen molar-refractivity contribution in [3.63, 3.8) is 0 Å². The highest BCUT2D eigenvalue weighted by molar-refractivity contribution is 5.83. The number of aromatic nitrogens is 2. The number of carbonyl (C=O) groups is 1. The Balaban J connectivity index is 2.05. The Bertz CT molecular complexity index is 513. The molecular weight excluding hydrogens is 216 g/mol. The second-order valence-corrected chi connectivity index (χ2v) is 3.63. The Morgan fingerprint density at radius 3 is 2.71 bits per heavy atom. The van der Waals surface area contributed by atoms with Gasteiger partial charge in [-0.15, -0.1) is 0 Å². The molecule has 1 heterocycles. The fraction of sp³-hybridized carbons (Fsp3) is 0.0769. The average Bonchev–Trinajstić information content (AvgIpc) is 2.81. The van der Waals surface area contributed by atoms with Crippen LogP contribution in [0.15, 0.2) is 49.1 Å². The molecule has 4 heteroatoms. The van der Waals surface area contributed by atoms with Crippen molar-refractivity contribution in [1.82, 2.24) is 9.55 Å². The maximum absolute atomic E-state index is 10.2. The summed E-state index contributed by atoms with van der Waals surface area (Å²) in [5.74, 6) is -1.19. The lowest BCUT2D eigenvalue weighted by Crippen LogP contribution is -2.18. The number of aliphatic carboxylic acids is 1. The van der Waals surface area contributed by atoms with Gasteiger partial charge in [-0.05, 0) is 17.2 Å². The fourth-order valence-electron chi connectivity index (χ4n) is 1.49. The highest BCUT2D eigenvalue weighted by Gasteiger charge is 1.94.